The number of hydrogen-bond acceptors (Lipinski definition) is 3. The number of carboxylic acid groups (broad SMARTS) is 2. The first-order valence-corrected chi connectivity index (χ1v) is 4.90. The summed E-state index contributed by atoms with van der Waals surface area (Å²) in [5.41, 5.74) is 0.168. The lowest BCUT2D eigenvalue weighted by Crippen LogP contribution is -1.94. The lowest BCUT2D eigenvalue weighted by Gasteiger charge is -1.92. The average molecular weight is 222 g/mol. The number of rotatable bonds is 2. The fourth-order valence-electron chi connectivity index (χ4n) is 1.27. The average Bonchev–Trinajstić information content (AvgIpc) is 2.59. The first kappa shape index (κ1) is 9.67. The van der Waals surface area contributed by atoms with E-state index in [0.717, 1.165) is 16.7 Å². The lowest BCUT2D eigenvalue weighted by molar-refractivity contribution is 0.0688. The summed E-state index contributed by atoms with van der Waals surface area (Å²) in [4.78, 5) is 21.6. The fraction of sp³-hybridized carbons (Fsp3) is 0. The molecule has 0 aliphatic carbocycles. The zero-order chi connectivity index (χ0) is 11.0. The molecular weight excluding hydrogens is 216 g/mol. The van der Waals surface area contributed by atoms with Gasteiger partial charge in [0.1, 0.15) is 4.88 Å². The van der Waals surface area contributed by atoms with Crippen molar-refractivity contribution in [1.29, 1.82) is 0 Å². The van der Waals surface area contributed by atoms with Crippen LogP contribution in [0.15, 0.2) is 24.3 Å². The molecule has 1 aromatic heterocycles. The van der Waals surface area contributed by atoms with Crippen molar-refractivity contribution in [2.75, 3.05) is 0 Å². The number of carboxylic acids is 2. The van der Waals surface area contributed by atoms with E-state index < -0.39 is 11.9 Å². The second kappa shape index (κ2) is 3.36. The van der Waals surface area contributed by atoms with Gasteiger partial charge in [-0.25, -0.2) is 9.59 Å². The van der Waals surface area contributed by atoms with E-state index in [9.17, 15) is 9.59 Å². The van der Waals surface area contributed by atoms with Crippen LogP contribution in [0.2, 0.25) is 0 Å². The van der Waals surface area contributed by atoms with Crippen LogP contribution in [-0.2, 0) is 0 Å². The molecule has 15 heavy (non-hydrogen) atoms. The molecule has 76 valence electrons. The van der Waals surface area contributed by atoms with Crippen LogP contribution < -0.4 is 0 Å². The van der Waals surface area contributed by atoms with Gasteiger partial charge in [0.15, 0.2) is 0 Å². The molecule has 0 fully saturated rings. The molecule has 0 spiro atoms. The minimum Gasteiger partial charge on any atom is -0.478 e. The van der Waals surface area contributed by atoms with E-state index in [1.54, 1.807) is 6.07 Å². The van der Waals surface area contributed by atoms with E-state index in [0.29, 0.717) is 4.70 Å². The minimum absolute atomic E-state index is 0.168. The summed E-state index contributed by atoms with van der Waals surface area (Å²) in [6, 6.07) is 6.09. The van der Waals surface area contributed by atoms with Crippen LogP contribution in [0.3, 0.4) is 0 Å². The molecule has 1 aromatic carbocycles. The second-order valence-corrected chi connectivity index (χ2v) is 4.06. The van der Waals surface area contributed by atoms with Crippen molar-refractivity contribution < 1.29 is 19.8 Å². The van der Waals surface area contributed by atoms with E-state index in [-0.39, 0.29) is 10.4 Å². The van der Waals surface area contributed by atoms with E-state index >= 15 is 0 Å². The Labute approximate surface area is 88.4 Å². The van der Waals surface area contributed by atoms with Crippen molar-refractivity contribution in [2.45, 2.75) is 0 Å². The molecule has 5 heteroatoms. The van der Waals surface area contributed by atoms with Crippen molar-refractivity contribution >= 4 is 33.4 Å². The van der Waals surface area contributed by atoms with Gasteiger partial charge in [-0.15, -0.1) is 11.3 Å². The van der Waals surface area contributed by atoms with E-state index in [2.05, 4.69) is 0 Å². The molecule has 0 unspecified atom stereocenters. The van der Waals surface area contributed by atoms with Crippen LogP contribution >= 0.6 is 11.3 Å². The van der Waals surface area contributed by atoms with Crippen LogP contribution in [0.1, 0.15) is 20.0 Å². The second-order valence-electron chi connectivity index (χ2n) is 2.97. The quantitative estimate of drug-likeness (QED) is 0.817. The summed E-state index contributed by atoms with van der Waals surface area (Å²) in [5.74, 6) is -2.00. The SMILES string of the molecule is O=C(O)c1ccc2cc(C(=O)O)sc2c1. The van der Waals surface area contributed by atoms with E-state index in [1.807, 2.05) is 0 Å². The molecule has 0 bridgehead atoms. The van der Waals surface area contributed by atoms with Crippen LogP contribution in [0.25, 0.3) is 10.1 Å². The Hall–Kier alpha value is -1.88. The Balaban J connectivity index is 2.62. The van der Waals surface area contributed by atoms with Crippen molar-refractivity contribution in [3.63, 3.8) is 0 Å². The van der Waals surface area contributed by atoms with Gasteiger partial charge in [0.2, 0.25) is 0 Å². The Bertz CT molecular complexity index is 544. The highest BCUT2D eigenvalue weighted by Gasteiger charge is 2.10. The third-order valence-electron chi connectivity index (χ3n) is 1.98. The summed E-state index contributed by atoms with van der Waals surface area (Å²) in [5, 5.41) is 18.3. The first-order valence-electron chi connectivity index (χ1n) is 4.08. The van der Waals surface area contributed by atoms with Gasteiger partial charge in [-0.3, -0.25) is 0 Å². The third-order valence-corrected chi connectivity index (χ3v) is 3.06. The molecule has 0 saturated heterocycles. The standard InChI is InChI=1S/C10H6O4S/c11-9(12)6-2-1-5-3-8(10(13)14)15-7(5)4-6/h1-4H,(H,11,12)(H,13,14). The van der Waals surface area contributed by atoms with Gasteiger partial charge >= 0.3 is 11.9 Å². The van der Waals surface area contributed by atoms with Gasteiger partial charge in [0.25, 0.3) is 0 Å². The molecule has 4 nitrogen and oxygen atoms in total. The fourth-order valence-corrected chi connectivity index (χ4v) is 2.21. The largest absolute Gasteiger partial charge is 0.478 e. The summed E-state index contributed by atoms with van der Waals surface area (Å²) in [6.07, 6.45) is 0. The lowest BCUT2D eigenvalue weighted by atomic mass is 10.2. The predicted molar refractivity (Wildman–Crippen MR) is 55.7 cm³/mol. The maximum Gasteiger partial charge on any atom is 0.345 e. The summed E-state index contributed by atoms with van der Waals surface area (Å²) < 4.78 is 0.673. The van der Waals surface area contributed by atoms with Crippen LogP contribution in [0.5, 0.6) is 0 Å². The maximum atomic E-state index is 10.7. The van der Waals surface area contributed by atoms with Crippen molar-refractivity contribution in [2.24, 2.45) is 0 Å². The van der Waals surface area contributed by atoms with Crippen molar-refractivity contribution in [1.82, 2.24) is 0 Å². The smallest absolute Gasteiger partial charge is 0.345 e. The highest BCUT2D eigenvalue weighted by molar-refractivity contribution is 7.20. The Kier molecular flexibility index (Phi) is 2.17. The molecule has 0 aliphatic heterocycles. The number of benzene rings is 1. The van der Waals surface area contributed by atoms with E-state index in [4.69, 9.17) is 10.2 Å². The Morgan fingerprint density at radius 2 is 1.80 bits per heavy atom. The summed E-state index contributed by atoms with van der Waals surface area (Å²) in [6.45, 7) is 0. The summed E-state index contributed by atoms with van der Waals surface area (Å²) >= 11 is 1.07. The first-order chi connectivity index (χ1) is 7.08. The zero-order valence-corrected chi connectivity index (χ0v) is 8.25. The van der Waals surface area contributed by atoms with Crippen LogP contribution in [-0.4, -0.2) is 22.2 Å². The molecular formula is C10H6O4S. The monoisotopic (exact) mass is 222 g/mol. The van der Waals surface area contributed by atoms with E-state index in [1.165, 1.54) is 18.2 Å². The minimum atomic E-state index is -1.01. The molecule has 0 atom stereocenters. The molecule has 0 amide bonds. The van der Waals surface area contributed by atoms with Crippen LogP contribution in [0.4, 0.5) is 0 Å². The molecule has 2 rings (SSSR count). The third kappa shape index (κ3) is 1.69. The predicted octanol–water partition coefficient (Wildman–Crippen LogP) is 2.30. The molecule has 1 heterocycles. The highest BCUT2D eigenvalue weighted by atomic mass is 32.1. The topological polar surface area (TPSA) is 74.6 Å². The van der Waals surface area contributed by atoms with Gasteiger partial charge in [0.05, 0.1) is 5.56 Å². The maximum absolute atomic E-state index is 10.7. The van der Waals surface area contributed by atoms with Gasteiger partial charge in [-0.1, -0.05) is 6.07 Å². The Morgan fingerprint density at radius 3 is 2.40 bits per heavy atom. The van der Waals surface area contributed by atoms with Gasteiger partial charge in [-0.05, 0) is 23.6 Å². The molecule has 0 saturated carbocycles. The molecule has 2 N–H and O–H groups in total. The molecule has 0 radical (unpaired) electrons. The number of aromatic carboxylic acids is 2. The van der Waals surface area contributed by atoms with Gasteiger partial charge in [0, 0.05) is 4.70 Å². The normalized spacial score (nSPS) is 10.4. The highest BCUT2D eigenvalue weighted by Crippen LogP contribution is 2.26. The van der Waals surface area contributed by atoms with Crippen LogP contribution in [0, 0.1) is 0 Å². The number of thiophene rings is 1. The number of carbonyl (C=O) groups is 2. The Morgan fingerprint density at radius 1 is 1.07 bits per heavy atom. The van der Waals surface area contributed by atoms with Gasteiger partial charge in [-0.2, -0.15) is 0 Å². The number of hydrogen-bond donors (Lipinski definition) is 2. The summed E-state index contributed by atoms with van der Waals surface area (Å²) in [7, 11) is 0. The molecule has 2 aromatic rings. The zero-order valence-electron chi connectivity index (χ0n) is 7.43. The van der Waals surface area contributed by atoms with Gasteiger partial charge < -0.3 is 10.2 Å². The number of fused-ring (bicyclic) bond motifs is 1. The molecule has 0 aliphatic rings. The van der Waals surface area contributed by atoms with Crippen molar-refractivity contribution in [3.8, 4) is 0 Å². The van der Waals surface area contributed by atoms with Crippen molar-refractivity contribution in [3.05, 3.63) is 34.7 Å².